The van der Waals surface area contributed by atoms with Gasteiger partial charge in [-0.15, -0.1) is 0 Å². The van der Waals surface area contributed by atoms with E-state index in [0.29, 0.717) is 15.9 Å². The fourth-order valence-electron chi connectivity index (χ4n) is 2.15. The third-order valence-electron chi connectivity index (χ3n) is 3.12. The van der Waals surface area contributed by atoms with Crippen molar-refractivity contribution in [3.05, 3.63) is 40.6 Å². The Morgan fingerprint density at radius 1 is 1.00 bits per heavy atom. The Kier molecular flexibility index (Phi) is 4.43. The van der Waals surface area contributed by atoms with E-state index in [4.69, 9.17) is 27.9 Å². The molecule has 110 valence electrons. The summed E-state index contributed by atoms with van der Waals surface area (Å²) in [6, 6.07) is 7.18. The number of nitrogens with one attached hydrogen (secondary N) is 1. The molecule has 1 fully saturated rings. The molecule has 1 N–H and O–H groups in total. The van der Waals surface area contributed by atoms with E-state index in [1.807, 2.05) is 6.07 Å². The lowest BCUT2D eigenvalue weighted by molar-refractivity contribution is 0.122. The molecule has 3 rings (SSSR count). The Hall–Kier alpha value is -1.56. The predicted octanol–water partition coefficient (Wildman–Crippen LogP) is 3.36. The highest BCUT2D eigenvalue weighted by molar-refractivity contribution is 6.35. The van der Waals surface area contributed by atoms with E-state index in [9.17, 15) is 0 Å². The van der Waals surface area contributed by atoms with Crippen molar-refractivity contribution in [2.45, 2.75) is 0 Å². The van der Waals surface area contributed by atoms with Crippen molar-refractivity contribution < 1.29 is 4.74 Å². The van der Waals surface area contributed by atoms with E-state index in [1.54, 1.807) is 24.5 Å². The fraction of sp³-hybridized carbons (Fsp3) is 0.286. The quantitative estimate of drug-likeness (QED) is 0.938. The number of nitrogens with zero attached hydrogens (tertiary/aromatic N) is 3. The van der Waals surface area contributed by atoms with Crippen molar-refractivity contribution >= 4 is 40.5 Å². The molecule has 0 aliphatic carbocycles. The molecule has 21 heavy (non-hydrogen) atoms. The first-order valence-corrected chi connectivity index (χ1v) is 7.34. The highest BCUT2D eigenvalue weighted by Crippen LogP contribution is 2.25. The first-order valence-electron chi connectivity index (χ1n) is 6.58. The van der Waals surface area contributed by atoms with Crippen LogP contribution in [0.25, 0.3) is 0 Å². The monoisotopic (exact) mass is 324 g/mol. The van der Waals surface area contributed by atoms with Crippen LogP contribution >= 0.6 is 23.2 Å². The Labute approximate surface area is 132 Å². The second-order valence-electron chi connectivity index (χ2n) is 4.64. The minimum absolute atomic E-state index is 0.576. The summed E-state index contributed by atoms with van der Waals surface area (Å²) < 4.78 is 5.34. The largest absolute Gasteiger partial charge is 0.378 e. The lowest BCUT2D eigenvalue weighted by Crippen LogP contribution is -2.36. The third kappa shape index (κ3) is 3.75. The average Bonchev–Trinajstić information content (AvgIpc) is 2.47. The Morgan fingerprint density at radius 2 is 1.71 bits per heavy atom. The van der Waals surface area contributed by atoms with Gasteiger partial charge in [0.2, 0.25) is 0 Å². The van der Waals surface area contributed by atoms with Gasteiger partial charge in [-0.2, -0.15) is 0 Å². The van der Waals surface area contributed by atoms with Gasteiger partial charge in [0, 0.05) is 34.9 Å². The highest BCUT2D eigenvalue weighted by Gasteiger charge is 2.13. The summed E-state index contributed by atoms with van der Waals surface area (Å²) >= 11 is 12.0. The molecule has 0 atom stereocenters. The summed E-state index contributed by atoms with van der Waals surface area (Å²) in [7, 11) is 0. The van der Waals surface area contributed by atoms with Gasteiger partial charge in [-0.05, 0) is 18.2 Å². The molecule has 0 saturated carbocycles. The molecular formula is C14H14Cl2N4O. The number of aromatic nitrogens is 2. The van der Waals surface area contributed by atoms with E-state index in [2.05, 4.69) is 20.2 Å². The smallest absolute Gasteiger partial charge is 0.135 e. The summed E-state index contributed by atoms with van der Waals surface area (Å²) in [4.78, 5) is 10.7. The molecule has 0 amide bonds. The number of benzene rings is 1. The average molecular weight is 325 g/mol. The molecule has 2 aromatic rings. The van der Waals surface area contributed by atoms with Gasteiger partial charge < -0.3 is 15.0 Å². The molecule has 2 heterocycles. The maximum Gasteiger partial charge on any atom is 0.135 e. The van der Waals surface area contributed by atoms with E-state index < -0.39 is 0 Å². The van der Waals surface area contributed by atoms with Gasteiger partial charge in [0.15, 0.2) is 0 Å². The fourth-order valence-corrected chi connectivity index (χ4v) is 2.68. The predicted molar refractivity (Wildman–Crippen MR) is 84.8 cm³/mol. The van der Waals surface area contributed by atoms with Gasteiger partial charge in [0.05, 0.1) is 13.2 Å². The molecule has 7 heteroatoms. The van der Waals surface area contributed by atoms with Crippen LogP contribution in [0.5, 0.6) is 0 Å². The zero-order valence-corrected chi connectivity index (χ0v) is 12.7. The molecule has 0 spiro atoms. The summed E-state index contributed by atoms with van der Waals surface area (Å²) in [6.07, 6.45) is 1.54. The number of rotatable bonds is 3. The van der Waals surface area contributed by atoms with Crippen molar-refractivity contribution in [1.29, 1.82) is 0 Å². The molecule has 1 aliphatic rings. The van der Waals surface area contributed by atoms with Gasteiger partial charge in [-0.1, -0.05) is 23.2 Å². The van der Waals surface area contributed by atoms with Crippen molar-refractivity contribution in [1.82, 2.24) is 9.97 Å². The molecule has 5 nitrogen and oxygen atoms in total. The van der Waals surface area contributed by atoms with Gasteiger partial charge in [-0.25, -0.2) is 9.97 Å². The van der Waals surface area contributed by atoms with Crippen molar-refractivity contribution in [2.75, 3.05) is 36.5 Å². The second-order valence-corrected chi connectivity index (χ2v) is 5.52. The van der Waals surface area contributed by atoms with E-state index >= 15 is 0 Å². The van der Waals surface area contributed by atoms with E-state index in [1.165, 1.54) is 0 Å². The highest BCUT2D eigenvalue weighted by atomic mass is 35.5. The standard InChI is InChI=1S/C14H14Cl2N4O/c15-10-5-11(16)7-12(6-10)19-13-8-14(18-9-17-13)20-1-3-21-4-2-20/h5-9H,1-4H2,(H,17,18,19). The lowest BCUT2D eigenvalue weighted by atomic mass is 10.3. The summed E-state index contributed by atoms with van der Waals surface area (Å²) in [5.74, 6) is 1.58. The number of ether oxygens (including phenoxy) is 1. The Bertz CT molecular complexity index is 612. The van der Waals surface area contributed by atoms with Crippen LogP contribution in [0.4, 0.5) is 17.3 Å². The normalized spacial score (nSPS) is 15.0. The number of hydrogen-bond acceptors (Lipinski definition) is 5. The molecular weight excluding hydrogens is 311 g/mol. The van der Waals surface area contributed by atoms with Crippen LogP contribution in [0.15, 0.2) is 30.6 Å². The first kappa shape index (κ1) is 14.4. The molecule has 1 aromatic heterocycles. The van der Waals surface area contributed by atoms with Crippen LogP contribution in [0.3, 0.4) is 0 Å². The molecule has 1 aromatic carbocycles. The van der Waals surface area contributed by atoms with Gasteiger partial charge in [0.1, 0.15) is 18.0 Å². The molecule has 0 bridgehead atoms. The molecule has 1 aliphatic heterocycles. The zero-order chi connectivity index (χ0) is 14.7. The van der Waals surface area contributed by atoms with Crippen molar-refractivity contribution in [3.63, 3.8) is 0 Å². The zero-order valence-electron chi connectivity index (χ0n) is 11.2. The van der Waals surface area contributed by atoms with Crippen molar-refractivity contribution in [2.24, 2.45) is 0 Å². The summed E-state index contributed by atoms with van der Waals surface area (Å²) in [6.45, 7) is 3.10. The second kappa shape index (κ2) is 6.47. The van der Waals surface area contributed by atoms with Crippen LogP contribution in [0.1, 0.15) is 0 Å². The lowest BCUT2D eigenvalue weighted by Gasteiger charge is -2.27. The maximum absolute atomic E-state index is 5.99. The number of morpholine rings is 1. The van der Waals surface area contributed by atoms with Gasteiger partial charge in [-0.3, -0.25) is 0 Å². The minimum atomic E-state index is 0.576. The van der Waals surface area contributed by atoms with Crippen LogP contribution in [-0.2, 0) is 4.74 Å². The third-order valence-corrected chi connectivity index (χ3v) is 3.56. The maximum atomic E-state index is 5.99. The number of halogens is 2. The topological polar surface area (TPSA) is 50.3 Å². The van der Waals surface area contributed by atoms with Crippen LogP contribution < -0.4 is 10.2 Å². The number of hydrogen-bond donors (Lipinski definition) is 1. The molecule has 0 radical (unpaired) electrons. The van der Waals surface area contributed by atoms with Gasteiger partial charge >= 0.3 is 0 Å². The Balaban J connectivity index is 1.79. The molecule has 1 saturated heterocycles. The van der Waals surface area contributed by atoms with Gasteiger partial charge in [0.25, 0.3) is 0 Å². The van der Waals surface area contributed by atoms with Crippen LogP contribution in [-0.4, -0.2) is 36.3 Å². The first-order chi connectivity index (χ1) is 10.2. The van der Waals surface area contributed by atoms with Crippen molar-refractivity contribution in [3.8, 4) is 0 Å². The van der Waals surface area contributed by atoms with E-state index in [-0.39, 0.29) is 0 Å². The summed E-state index contributed by atoms with van der Waals surface area (Å²) in [5, 5.41) is 4.34. The van der Waals surface area contributed by atoms with Crippen LogP contribution in [0.2, 0.25) is 10.0 Å². The van der Waals surface area contributed by atoms with Crippen LogP contribution in [0, 0.1) is 0 Å². The summed E-state index contributed by atoms with van der Waals surface area (Å²) in [5.41, 5.74) is 0.791. The minimum Gasteiger partial charge on any atom is -0.378 e. The molecule has 0 unspecified atom stereocenters. The Morgan fingerprint density at radius 3 is 2.43 bits per heavy atom. The van der Waals surface area contributed by atoms with E-state index in [0.717, 1.165) is 37.8 Å². The number of anilines is 3. The SMILES string of the molecule is Clc1cc(Cl)cc(Nc2cc(N3CCOCC3)ncn2)c1.